The van der Waals surface area contributed by atoms with Gasteiger partial charge in [-0.3, -0.25) is 9.32 Å². The molecule has 0 saturated heterocycles. The van der Waals surface area contributed by atoms with E-state index in [4.69, 9.17) is 14.9 Å². The van der Waals surface area contributed by atoms with Crippen LogP contribution in [0, 0.1) is 0 Å². The molecule has 8 heteroatoms. The van der Waals surface area contributed by atoms with Crippen molar-refractivity contribution >= 4 is 20.1 Å². The van der Waals surface area contributed by atoms with E-state index in [9.17, 15) is 14.2 Å². The molecule has 0 aliphatic heterocycles. The quantitative estimate of drug-likeness (QED) is 0.538. The molecular weight excluding hydrogens is 263 g/mol. The van der Waals surface area contributed by atoms with Crippen LogP contribution in [0.5, 0.6) is 0 Å². The van der Waals surface area contributed by atoms with Crippen LogP contribution in [0.25, 0.3) is 0 Å². The number of rotatable bonds is 5. The molecule has 0 bridgehead atoms. The third-order valence-corrected chi connectivity index (χ3v) is 2.86. The second-order valence-electron chi connectivity index (χ2n) is 3.69. The number of aromatic carboxylic acids is 1. The fourth-order valence-electron chi connectivity index (χ4n) is 1.33. The van der Waals surface area contributed by atoms with Gasteiger partial charge in [-0.1, -0.05) is 12.1 Å². The van der Waals surface area contributed by atoms with Crippen molar-refractivity contribution in [3.05, 3.63) is 35.4 Å². The molecule has 0 aromatic heterocycles. The minimum Gasteiger partial charge on any atom is -0.478 e. The van der Waals surface area contributed by atoms with Gasteiger partial charge in [-0.25, -0.2) is 9.36 Å². The van der Waals surface area contributed by atoms with E-state index in [1.54, 1.807) is 0 Å². The molecule has 0 heterocycles. The molecule has 1 aromatic carbocycles. The highest BCUT2D eigenvalue weighted by Crippen LogP contribution is 2.44. The molecule has 3 N–H and O–H groups in total. The molecule has 1 atom stereocenters. The maximum atomic E-state index is 10.9. The van der Waals surface area contributed by atoms with Gasteiger partial charge in [0, 0.05) is 0 Å². The number of phosphoric acid groups is 1. The zero-order valence-electron chi connectivity index (χ0n) is 9.31. The number of carbonyl (C=O) groups excluding carboxylic acids is 1. The molecule has 98 valence electrons. The summed E-state index contributed by atoms with van der Waals surface area (Å²) in [7, 11) is -4.85. The van der Waals surface area contributed by atoms with Crippen LogP contribution < -0.4 is 0 Å². The van der Waals surface area contributed by atoms with E-state index in [1.807, 2.05) is 0 Å². The Hall–Kier alpha value is -1.53. The van der Waals surface area contributed by atoms with Crippen molar-refractivity contribution in [1.29, 1.82) is 0 Å². The molecule has 18 heavy (non-hydrogen) atoms. The second kappa shape index (κ2) is 4.99. The smallest absolute Gasteiger partial charge is 0.470 e. The Morgan fingerprint density at radius 2 is 1.83 bits per heavy atom. The van der Waals surface area contributed by atoms with Gasteiger partial charge in [0.25, 0.3) is 0 Å². The largest absolute Gasteiger partial charge is 0.478 e. The number of carbonyl (C=O) groups is 2. The number of carboxylic acid groups (broad SMARTS) is 1. The molecule has 1 aromatic rings. The average Bonchev–Trinajstić information content (AvgIpc) is 2.27. The Balaban J connectivity index is 3.12. The third-order valence-electron chi connectivity index (χ3n) is 2.24. The Labute approximate surface area is 102 Å². The lowest BCUT2D eigenvalue weighted by Crippen LogP contribution is -2.26. The third kappa shape index (κ3) is 3.48. The first kappa shape index (κ1) is 14.5. The van der Waals surface area contributed by atoms with Crippen LogP contribution in [-0.4, -0.2) is 27.1 Å². The second-order valence-corrected chi connectivity index (χ2v) is 4.85. The summed E-state index contributed by atoms with van der Waals surface area (Å²) in [6.45, 7) is 1.18. The molecule has 1 rings (SSSR count). The standard InChI is InChI=1S/C10H11O7P/c1-10(6-11,17-18(14,15)16)8-4-2-7(3-5-8)9(12)13/h2-6H,1H3,(H,12,13)(H2,14,15,16). The van der Waals surface area contributed by atoms with Gasteiger partial charge in [0.05, 0.1) is 5.56 Å². The summed E-state index contributed by atoms with van der Waals surface area (Å²) in [6.07, 6.45) is 0.238. The fraction of sp³-hybridized carbons (Fsp3) is 0.200. The summed E-state index contributed by atoms with van der Waals surface area (Å²) in [5.74, 6) is -1.15. The maximum Gasteiger partial charge on any atom is 0.470 e. The van der Waals surface area contributed by atoms with Gasteiger partial charge in [-0.15, -0.1) is 0 Å². The molecule has 0 radical (unpaired) electrons. The maximum absolute atomic E-state index is 10.9. The Morgan fingerprint density at radius 1 is 1.33 bits per heavy atom. The number of hydrogen-bond acceptors (Lipinski definition) is 4. The van der Waals surface area contributed by atoms with Gasteiger partial charge in [0.2, 0.25) is 0 Å². The predicted octanol–water partition coefficient (Wildman–Crippen LogP) is 0.908. The van der Waals surface area contributed by atoms with E-state index in [0.29, 0.717) is 0 Å². The Bertz CT molecular complexity index is 503. The van der Waals surface area contributed by atoms with Crippen LogP contribution in [-0.2, 0) is 19.5 Å². The van der Waals surface area contributed by atoms with Gasteiger partial charge >= 0.3 is 13.8 Å². The van der Waals surface area contributed by atoms with Gasteiger partial charge in [0.15, 0.2) is 11.9 Å². The van der Waals surface area contributed by atoms with Crippen molar-refractivity contribution in [2.24, 2.45) is 0 Å². The highest BCUT2D eigenvalue weighted by atomic mass is 31.2. The SMILES string of the molecule is CC(C=O)(OP(=O)(O)O)c1ccc(C(=O)O)cc1. The van der Waals surface area contributed by atoms with Crippen molar-refractivity contribution in [1.82, 2.24) is 0 Å². The van der Waals surface area contributed by atoms with Crippen molar-refractivity contribution in [3.8, 4) is 0 Å². The normalized spacial score (nSPS) is 14.8. The van der Waals surface area contributed by atoms with E-state index in [1.165, 1.54) is 31.2 Å². The minimum absolute atomic E-state index is 0.0109. The molecule has 0 aliphatic carbocycles. The first-order valence-electron chi connectivity index (χ1n) is 4.74. The van der Waals surface area contributed by atoms with E-state index in [2.05, 4.69) is 4.52 Å². The lowest BCUT2D eigenvalue weighted by Gasteiger charge is -2.24. The fourth-order valence-corrected chi connectivity index (χ4v) is 1.98. The van der Waals surface area contributed by atoms with E-state index in [-0.39, 0.29) is 17.4 Å². The first-order chi connectivity index (χ1) is 8.18. The van der Waals surface area contributed by atoms with Crippen LogP contribution in [0.2, 0.25) is 0 Å². The molecule has 0 saturated carbocycles. The monoisotopic (exact) mass is 274 g/mol. The van der Waals surface area contributed by atoms with Gasteiger partial charge in [0.1, 0.15) is 0 Å². The van der Waals surface area contributed by atoms with Crippen LogP contribution in [0.3, 0.4) is 0 Å². The topological polar surface area (TPSA) is 121 Å². The minimum atomic E-state index is -4.85. The van der Waals surface area contributed by atoms with E-state index in [0.717, 1.165) is 0 Å². The number of carboxylic acids is 1. The molecule has 0 amide bonds. The van der Waals surface area contributed by atoms with Crippen LogP contribution >= 0.6 is 7.82 Å². The van der Waals surface area contributed by atoms with Crippen molar-refractivity contribution in [2.75, 3.05) is 0 Å². The van der Waals surface area contributed by atoms with Crippen molar-refractivity contribution < 1.29 is 33.6 Å². The highest BCUT2D eigenvalue weighted by Gasteiger charge is 2.35. The average molecular weight is 274 g/mol. The summed E-state index contributed by atoms with van der Waals surface area (Å²) in [5.41, 5.74) is -1.70. The molecule has 1 unspecified atom stereocenters. The molecule has 0 spiro atoms. The zero-order valence-corrected chi connectivity index (χ0v) is 10.2. The van der Waals surface area contributed by atoms with E-state index < -0.39 is 19.4 Å². The molecule has 0 fully saturated rings. The predicted molar refractivity (Wildman–Crippen MR) is 59.9 cm³/mol. The first-order valence-corrected chi connectivity index (χ1v) is 6.27. The van der Waals surface area contributed by atoms with Gasteiger partial charge in [-0.05, 0) is 24.6 Å². The van der Waals surface area contributed by atoms with E-state index >= 15 is 0 Å². The molecular formula is C10H11O7P. The summed E-state index contributed by atoms with van der Waals surface area (Å²) in [6, 6.07) is 4.94. The molecule has 7 nitrogen and oxygen atoms in total. The number of hydrogen-bond donors (Lipinski definition) is 3. The summed E-state index contributed by atoms with van der Waals surface area (Å²) < 4.78 is 15.2. The summed E-state index contributed by atoms with van der Waals surface area (Å²) in [5, 5.41) is 8.70. The molecule has 0 aliphatic rings. The highest BCUT2D eigenvalue weighted by molar-refractivity contribution is 7.46. The number of aldehydes is 1. The van der Waals surface area contributed by atoms with Crippen LogP contribution in [0.1, 0.15) is 22.8 Å². The lowest BCUT2D eigenvalue weighted by molar-refractivity contribution is -0.122. The Kier molecular flexibility index (Phi) is 4.03. The Morgan fingerprint density at radius 3 is 2.17 bits per heavy atom. The number of phosphoric ester groups is 1. The summed E-state index contributed by atoms with van der Waals surface area (Å²) >= 11 is 0. The zero-order chi connectivity index (χ0) is 14.0. The lowest BCUT2D eigenvalue weighted by atomic mass is 9.97. The summed E-state index contributed by atoms with van der Waals surface area (Å²) in [4.78, 5) is 39.0. The van der Waals surface area contributed by atoms with Crippen molar-refractivity contribution in [3.63, 3.8) is 0 Å². The van der Waals surface area contributed by atoms with Crippen molar-refractivity contribution in [2.45, 2.75) is 12.5 Å². The number of benzene rings is 1. The van der Waals surface area contributed by atoms with Crippen LogP contribution in [0.15, 0.2) is 24.3 Å². The van der Waals surface area contributed by atoms with Gasteiger partial charge < -0.3 is 14.9 Å². The van der Waals surface area contributed by atoms with Gasteiger partial charge in [-0.2, -0.15) is 0 Å². The van der Waals surface area contributed by atoms with Crippen LogP contribution in [0.4, 0.5) is 0 Å².